The lowest BCUT2D eigenvalue weighted by Gasteiger charge is -2.21. The maximum absolute atomic E-state index is 13.4. The van der Waals surface area contributed by atoms with E-state index in [2.05, 4.69) is 18.3 Å². The maximum Gasteiger partial charge on any atom is 0.254 e. The molecule has 2 heterocycles. The van der Waals surface area contributed by atoms with Crippen molar-refractivity contribution in [3.63, 3.8) is 0 Å². The Balaban J connectivity index is 1.43. The van der Waals surface area contributed by atoms with Gasteiger partial charge in [-0.25, -0.2) is 4.98 Å². The molecule has 40 heavy (non-hydrogen) atoms. The number of nitrogens with one attached hydrogen (secondary N) is 1. The van der Waals surface area contributed by atoms with Gasteiger partial charge in [-0.1, -0.05) is 36.4 Å². The first-order valence-electron chi connectivity index (χ1n) is 12.9. The summed E-state index contributed by atoms with van der Waals surface area (Å²) in [4.78, 5) is 33.1. The van der Waals surface area contributed by atoms with Crippen LogP contribution < -0.4 is 10.1 Å². The molecule has 0 spiro atoms. The van der Waals surface area contributed by atoms with Crippen LogP contribution in [-0.4, -0.2) is 39.9 Å². The molecule has 2 aromatic heterocycles. The average Bonchev–Trinajstić information content (AvgIpc) is 3.64. The zero-order chi connectivity index (χ0) is 28.1. The van der Waals surface area contributed by atoms with Crippen LogP contribution in [-0.2, 0) is 11.3 Å². The van der Waals surface area contributed by atoms with Crippen molar-refractivity contribution in [1.82, 2.24) is 14.5 Å². The van der Waals surface area contributed by atoms with E-state index >= 15 is 0 Å². The first kappa shape index (κ1) is 26.5. The standard InChI is InChI=1S/C32H30N4O4/c1-22-11-14-26(18-23(22)2)36-20-29(24-8-5-4-6-9-24)33-32(36)34-30(37)21-35(19-28-10-7-17-40-28)31(38)25-12-15-27(39-3)16-13-25/h4-18,20H,19,21H2,1-3H3,(H,33,34,37). The van der Waals surface area contributed by atoms with Gasteiger partial charge in [-0.2, -0.15) is 0 Å². The van der Waals surface area contributed by atoms with Crippen LogP contribution in [0.2, 0.25) is 0 Å². The van der Waals surface area contributed by atoms with E-state index in [1.165, 1.54) is 16.7 Å². The zero-order valence-electron chi connectivity index (χ0n) is 22.6. The number of amides is 2. The van der Waals surface area contributed by atoms with Crippen LogP contribution in [0.4, 0.5) is 5.95 Å². The van der Waals surface area contributed by atoms with Gasteiger partial charge >= 0.3 is 0 Å². The molecule has 0 saturated heterocycles. The van der Waals surface area contributed by atoms with Gasteiger partial charge in [0, 0.05) is 23.0 Å². The fourth-order valence-corrected chi connectivity index (χ4v) is 4.33. The quantitative estimate of drug-likeness (QED) is 0.249. The van der Waals surface area contributed by atoms with Crippen molar-refractivity contribution >= 4 is 17.8 Å². The molecular weight excluding hydrogens is 504 g/mol. The first-order valence-corrected chi connectivity index (χ1v) is 12.9. The fraction of sp³-hybridized carbons (Fsp3) is 0.156. The number of aryl methyl sites for hydroxylation is 2. The number of hydrogen-bond donors (Lipinski definition) is 1. The molecule has 0 radical (unpaired) electrons. The Morgan fingerprint density at radius 1 is 0.950 bits per heavy atom. The van der Waals surface area contributed by atoms with E-state index < -0.39 is 0 Å². The van der Waals surface area contributed by atoms with Crippen molar-refractivity contribution < 1.29 is 18.7 Å². The summed E-state index contributed by atoms with van der Waals surface area (Å²) in [5.74, 6) is 0.874. The zero-order valence-corrected chi connectivity index (χ0v) is 22.6. The molecule has 0 fully saturated rings. The summed E-state index contributed by atoms with van der Waals surface area (Å²) in [6.45, 7) is 4.03. The number of hydrogen-bond acceptors (Lipinski definition) is 5. The Bertz CT molecular complexity index is 1610. The lowest BCUT2D eigenvalue weighted by molar-refractivity contribution is -0.117. The van der Waals surface area contributed by atoms with Gasteiger partial charge in [0.15, 0.2) is 0 Å². The largest absolute Gasteiger partial charge is 0.497 e. The van der Waals surface area contributed by atoms with Crippen molar-refractivity contribution in [2.45, 2.75) is 20.4 Å². The number of benzene rings is 3. The van der Waals surface area contributed by atoms with E-state index in [9.17, 15) is 9.59 Å². The summed E-state index contributed by atoms with van der Waals surface area (Å²) in [6.07, 6.45) is 3.44. The van der Waals surface area contributed by atoms with Crippen LogP contribution in [0.5, 0.6) is 5.75 Å². The second-order valence-electron chi connectivity index (χ2n) is 9.47. The third-order valence-corrected chi connectivity index (χ3v) is 6.68. The Morgan fingerprint density at radius 2 is 1.73 bits per heavy atom. The molecule has 8 heteroatoms. The first-order chi connectivity index (χ1) is 19.4. The fourth-order valence-electron chi connectivity index (χ4n) is 4.33. The van der Waals surface area contributed by atoms with Crippen molar-refractivity contribution in [1.29, 1.82) is 0 Å². The molecule has 202 valence electrons. The molecule has 0 bridgehead atoms. The monoisotopic (exact) mass is 534 g/mol. The van der Waals surface area contributed by atoms with Gasteiger partial charge in [-0.15, -0.1) is 0 Å². The highest BCUT2D eigenvalue weighted by Gasteiger charge is 2.22. The second kappa shape index (κ2) is 11.7. The Kier molecular flexibility index (Phi) is 7.77. The van der Waals surface area contributed by atoms with E-state index in [4.69, 9.17) is 14.1 Å². The lowest BCUT2D eigenvalue weighted by Crippen LogP contribution is -2.37. The van der Waals surface area contributed by atoms with Gasteiger partial charge in [0.2, 0.25) is 11.9 Å². The minimum absolute atomic E-state index is 0.131. The summed E-state index contributed by atoms with van der Waals surface area (Å²) in [6, 6.07) is 26.1. The van der Waals surface area contributed by atoms with E-state index in [1.807, 2.05) is 60.2 Å². The van der Waals surface area contributed by atoms with Crippen molar-refractivity contribution in [3.05, 3.63) is 120 Å². The molecule has 5 rings (SSSR count). The van der Waals surface area contributed by atoms with Crippen LogP contribution >= 0.6 is 0 Å². The molecule has 0 saturated carbocycles. The SMILES string of the molecule is COc1ccc(C(=O)N(CC(=O)Nc2nc(-c3ccccc3)cn2-c2ccc(C)c(C)c2)Cc2ccco2)cc1. The number of anilines is 1. The third-order valence-electron chi connectivity index (χ3n) is 6.68. The Morgan fingerprint density at radius 3 is 2.40 bits per heavy atom. The average molecular weight is 535 g/mol. The number of imidazole rings is 1. The smallest absolute Gasteiger partial charge is 0.254 e. The van der Waals surface area contributed by atoms with Gasteiger partial charge in [0.05, 0.1) is 25.6 Å². The number of nitrogens with zero attached hydrogens (tertiary/aromatic N) is 3. The number of furan rings is 1. The number of carbonyl (C=O) groups is 2. The van der Waals surface area contributed by atoms with E-state index in [0.29, 0.717) is 23.0 Å². The molecule has 1 N–H and O–H groups in total. The van der Waals surface area contributed by atoms with Gasteiger partial charge in [0.25, 0.3) is 5.91 Å². The van der Waals surface area contributed by atoms with Gasteiger partial charge in [-0.3, -0.25) is 19.5 Å². The highest BCUT2D eigenvalue weighted by molar-refractivity contribution is 5.99. The second-order valence-corrected chi connectivity index (χ2v) is 9.47. The molecule has 0 aliphatic carbocycles. The van der Waals surface area contributed by atoms with Crippen molar-refractivity contribution in [2.24, 2.45) is 0 Å². The predicted molar refractivity (Wildman–Crippen MR) is 154 cm³/mol. The van der Waals surface area contributed by atoms with Gasteiger partial charge < -0.3 is 14.1 Å². The number of ether oxygens (including phenoxy) is 1. The summed E-state index contributed by atoms with van der Waals surface area (Å²) in [5, 5.41) is 2.94. The normalized spacial score (nSPS) is 10.8. The molecular formula is C32H30N4O4. The molecule has 0 aliphatic heterocycles. The Labute approximate surface area is 232 Å². The number of rotatable bonds is 9. The highest BCUT2D eigenvalue weighted by atomic mass is 16.5. The van der Waals surface area contributed by atoms with Crippen LogP contribution in [0, 0.1) is 13.8 Å². The summed E-state index contributed by atoms with van der Waals surface area (Å²) in [7, 11) is 1.56. The van der Waals surface area contributed by atoms with Gasteiger partial charge in [0.1, 0.15) is 18.1 Å². The number of methoxy groups -OCH3 is 1. The van der Waals surface area contributed by atoms with Crippen LogP contribution in [0.3, 0.4) is 0 Å². The summed E-state index contributed by atoms with van der Waals surface area (Å²) >= 11 is 0. The Hall–Kier alpha value is -5.11. The van der Waals surface area contributed by atoms with Gasteiger partial charge in [-0.05, 0) is 73.5 Å². The van der Waals surface area contributed by atoms with Crippen LogP contribution in [0.15, 0.2) is 102 Å². The molecule has 3 aromatic carbocycles. The topological polar surface area (TPSA) is 89.6 Å². The molecule has 8 nitrogen and oxygen atoms in total. The minimum atomic E-state index is -0.385. The van der Waals surface area contributed by atoms with E-state index in [-0.39, 0.29) is 24.9 Å². The molecule has 5 aromatic rings. The predicted octanol–water partition coefficient (Wildman–Crippen LogP) is 6.04. The molecule has 0 unspecified atom stereocenters. The molecule has 0 atom stereocenters. The van der Waals surface area contributed by atoms with Crippen LogP contribution in [0.1, 0.15) is 27.2 Å². The lowest BCUT2D eigenvalue weighted by atomic mass is 10.1. The summed E-state index contributed by atoms with van der Waals surface area (Å²) < 4.78 is 12.5. The summed E-state index contributed by atoms with van der Waals surface area (Å²) in [5.41, 5.74) is 5.24. The molecule has 0 aliphatic rings. The van der Waals surface area contributed by atoms with Crippen molar-refractivity contribution in [2.75, 3.05) is 19.0 Å². The molecule has 2 amide bonds. The van der Waals surface area contributed by atoms with E-state index in [1.54, 1.807) is 43.5 Å². The van der Waals surface area contributed by atoms with Crippen molar-refractivity contribution in [3.8, 4) is 22.7 Å². The third kappa shape index (κ3) is 5.96. The minimum Gasteiger partial charge on any atom is -0.497 e. The number of aromatic nitrogens is 2. The number of carbonyl (C=O) groups excluding carboxylic acids is 2. The van der Waals surface area contributed by atoms with E-state index in [0.717, 1.165) is 22.5 Å². The maximum atomic E-state index is 13.4. The van der Waals surface area contributed by atoms with Crippen LogP contribution in [0.25, 0.3) is 16.9 Å². The highest BCUT2D eigenvalue weighted by Crippen LogP contribution is 2.25.